The summed E-state index contributed by atoms with van der Waals surface area (Å²) in [4.78, 5) is 8.03. The first-order valence-electron chi connectivity index (χ1n) is 7.46. The van der Waals surface area contributed by atoms with E-state index in [4.69, 9.17) is 5.73 Å². The first-order valence-corrected chi connectivity index (χ1v) is 8.28. The van der Waals surface area contributed by atoms with E-state index in [1.54, 1.807) is 0 Å². The molecule has 4 heteroatoms. The zero-order chi connectivity index (χ0) is 13.8. The third-order valence-corrected chi connectivity index (χ3v) is 5.56. The zero-order valence-electron chi connectivity index (χ0n) is 12.4. The number of hydrogen-bond acceptors (Lipinski definition) is 4. The quantitative estimate of drug-likeness (QED) is 0.899. The number of rotatable bonds is 5. The molecule has 2 unspecified atom stereocenters. The summed E-state index contributed by atoms with van der Waals surface area (Å²) in [5.74, 6) is 0. The number of nitrogens with two attached hydrogens (primary N) is 1. The number of thiophene rings is 1. The molecule has 1 aliphatic rings. The Hall–Kier alpha value is -0.420. The molecule has 2 atom stereocenters. The highest BCUT2D eigenvalue weighted by molar-refractivity contribution is 7.12. The molecule has 0 radical (unpaired) electrons. The molecule has 0 spiro atoms. The van der Waals surface area contributed by atoms with Crippen LogP contribution in [-0.4, -0.2) is 48.6 Å². The Bertz CT molecular complexity index is 390. The highest BCUT2D eigenvalue weighted by Gasteiger charge is 2.28. The van der Waals surface area contributed by atoms with Crippen molar-refractivity contribution in [2.75, 3.05) is 32.7 Å². The average Bonchev–Trinajstić information content (AvgIpc) is 2.88. The van der Waals surface area contributed by atoms with Crippen LogP contribution in [0, 0.1) is 0 Å². The van der Waals surface area contributed by atoms with Crippen LogP contribution in [0.1, 0.15) is 36.6 Å². The van der Waals surface area contributed by atoms with E-state index in [1.807, 2.05) is 11.3 Å². The van der Waals surface area contributed by atoms with Gasteiger partial charge in [-0.1, -0.05) is 13.8 Å². The maximum absolute atomic E-state index is 6.05. The fraction of sp³-hybridized carbons (Fsp3) is 0.733. The second kappa shape index (κ2) is 6.84. The minimum atomic E-state index is 0.409. The maximum atomic E-state index is 6.05. The minimum absolute atomic E-state index is 0.409. The van der Waals surface area contributed by atoms with Gasteiger partial charge in [0.25, 0.3) is 0 Å². The molecule has 2 rings (SSSR count). The molecule has 1 aromatic rings. The normalized spacial score (nSPS) is 23.7. The molecule has 1 aliphatic heterocycles. The fourth-order valence-electron chi connectivity index (χ4n) is 2.99. The van der Waals surface area contributed by atoms with E-state index < -0.39 is 0 Å². The van der Waals surface area contributed by atoms with Crippen LogP contribution in [0.5, 0.6) is 0 Å². The summed E-state index contributed by atoms with van der Waals surface area (Å²) in [6, 6.07) is 5.58. The first-order chi connectivity index (χ1) is 9.19. The molecule has 2 heterocycles. The third kappa shape index (κ3) is 3.37. The summed E-state index contributed by atoms with van der Waals surface area (Å²) < 4.78 is 0. The Kier molecular flexibility index (Phi) is 5.39. The van der Waals surface area contributed by atoms with Gasteiger partial charge >= 0.3 is 0 Å². The van der Waals surface area contributed by atoms with Gasteiger partial charge in [0.2, 0.25) is 0 Å². The van der Waals surface area contributed by atoms with E-state index in [9.17, 15) is 0 Å². The van der Waals surface area contributed by atoms with Crippen LogP contribution in [0.2, 0.25) is 0 Å². The minimum Gasteiger partial charge on any atom is -0.329 e. The van der Waals surface area contributed by atoms with Gasteiger partial charge < -0.3 is 5.73 Å². The standard InChI is InChI=1S/C15H27N3S/c1-4-13-6-7-15(19-13)14(10-16)18-9-8-17(5-2)12(3)11-18/h6-7,12,14H,4-5,8-11,16H2,1-3H3. The number of aryl methyl sites for hydroxylation is 1. The van der Waals surface area contributed by atoms with E-state index in [0.717, 1.165) is 32.6 Å². The lowest BCUT2D eigenvalue weighted by atomic mass is 10.1. The molecule has 108 valence electrons. The number of likely N-dealkylation sites (N-methyl/N-ethyl adjacent to an activating group) is 1. The lowest BCUT2D eigenvalue weighted by molar-refractivity contribution is 0.0616. The van der Waals surface area contributed by atoms with Crippen molar-refractivity contribution in [1.82, 2.24) is 9.80 Å². The van der Waals surface area contributed by atoms with Crippen LogP contribution in [0.25, 0.3) is 0 Å². The molecule has 1 aromatic heterocycles. The molecule has 1 saturated heterocycles. The molecule has 3 nitrogen and oxygen atoms in total. The predicted octanol–water partition coefficient (Wildman–Crippen LogP) is 2.34. The summed E-state index contributed by atoms with van der Waals surface area (Å²) in [6.45, 7) is 12.1. The van der Waals surface area contributed by atoms with Crippen LogP contribution in [-0.2, 0) is 6.42 Å². The van der Waals surface area contributed by atoms with E-state index in [2.05, 4.69) is 42.7 Å². The molecule has 1 fully saturated rings. The Morgan fingerprint density at radius 2 is 2.16 bits per heavy atom. The van der Waals surface area contributed by atoms with Gasteiger partial charge in [0.1, 0.15) is 0 Å². The highest BCUT2D eigenvalue weighted by Crippen LogP contribution is 2.29. The van der Waals surface area contributed by atoms with Crippen LogP contribution in [0.4, 0.5) is 0 Å². The molecule has 0 aliphatic carbocycles. The van der Waals surface area contributed by atoms with E-state index >= 15 is 0 Å². The molecular formula is C15H27N3S. The van der Waals surface area contributed by atoms with Gasteiger partial charge in [-0.05, 0) is 32.0 Å². The Morgan fingerprint density at radius 3 is 2.68 bits per heavy atom. The largest absolute Gasteiger partial charge is 0.329 e. The van der Waals surface area contributed by atoms with Crippen molar-refractivity contribution in [3.63, 3.8) is 0 Å². The molecule has 0 bridgehead atoms. The number of piperazine rings is 1. The second-order valence-corrected chi connectivity index (χ2v) is 6.58. The zero-order valence-corrected chi connectivity index (χ0v) is 13.2. The van der Waals surface area contributed by atoms with E-state index in [1.165, 1.54) is 16.3 Å². The summed E-state index contributed by atoms with van der Waals surface area (Å²) in [5.41, 5.74) is 6.05. The highest BCUT2D eigenvalue weighted by atomic mass is 32.1. The molecule has 19 heavy (non-hydrogen) atoms. The summed E-state index contributed by atoms with van der Waals surface area (Å²) in [5, 5.41) is 0. The van der Waals surface area contributed by atoms with Crippen LogP contribution in [0.15, 0.2) is 12.1 Å². The Morgan fingerprint density at radius 1 is 1.37 bits per heavy atom. The van der Waals surface area contributed by atoms with Crippen molar-refractivity contribution in [2.45, 2.75) is 39.3 Å². The van der Waals surface area contributed by atoms with Crippen molar-refractivity contribution in [3.8, 4) is 0 Å². The predicted molar refractivity (Wildman–Crippen MR) is 83.8 cm³/mol. The van der Waals surface area contributed by atoms with E-state index in [-0.39, 0.29) is 0 Å². The lowest BCUT2D eigenvalue weighted by Crippen LogP contribution is -2.53. The van der Waals surface area contributed by atoms with Crippen molar-refractivity contribution < 1.29 is 0 Å². The van der Waals surface area contributed by atoms with Gasteiger partial charge in [-0.2, -0.15) is 0 Å². The Balaban J connectivity index is 2.06. The van der Waals surface area contributed by atoms with Gasteiger partial charge in [0, 0.05) is 42.0 Å². The molecular weight excluding hydrogens is 254 g/mol. The van der Waals surface area contributed by atoms with Crippen molar-refractivity contribution >= 4 is 11.3 Å². The third-order valence-electron chi connectivity index (χ3n) is 4.23. The van der Waals surface area contributed by atoms with Gasteiger partial charge in [-0.25, -0.2) is 0 Å². The van der Waals surface area contributed by atoms with Gasteiger partial charge in [-0.3, -0.25) is 9.80 Å². The molecule has 0 saturated carbocycles. The Labute approximate surface area is 121 Å². The van der Waals surface area contributed by atoms with Gasteiger partial charge in [-0.15, -0.1) is 11.3 Å². The summed E-state index contributed by atoms with van der Waals surface area (Å²) in [6.07, 6.45) is 1.13. The second-order valence-electron chi connectivity index (χ2n) is 5.38. The van der Waals surface area contributed by atoms with Crippen LogP contribution in [0.3, 0.4) is 0 Å². The first kappa shape index (κ1) is 15.0. The number of hydrogen-bond donors (Lipinski definition) is 1. The molecule has 0 aromatic carbocycles. The van der Waals surface area contributed by atoms with Crippen molar-refractivity contribution in [3.05, 3.63) is 21.9 Å². The van der Waals surface area contributed by atoms with E-state index in [0.29, 0.717) is 12.1 Å². The SMILES string of the molecule is CCc1ccc(C(CN)N2CCN(CC)C(C)C2)s1. The van der Waals surface area contributed by atoms with Gasteiger partial charge in [0.15, 0.2) is 0 Å². The topological polar surface area (TPSA) is 32.5 Å². The summed E-state index contributed by atoms with van der Waals surface area (Å²) in [7, 11) is 0. The summed E-state index contributed by atoms with van der Waals surface area (Å²) >= 11 is 1.93. The van der Waals surface area contributed by atoms with Crippen LogP contribution < -0.4 is 5.73 Å². The fourth-order valence-corrected chi connectivity index (χ4v) is 4.09. The van der Waals surface area contributed by atoms with Crippen LogP contribution >= 0.6 is 11.3 Å². The van der Waals surface area contributed by atoms with Crippen molar-refractivity contribution in [1.29, 1.82) is 0 Å². The van der Waals surface area contributed by atoms with Crippen molar-refractivity contribution in [2.24, 2.45) is 5.73 Å². The smallest absolute Gasteiger partial charge is 0.0565 e. The number of nitrogens with zero attached hydrogens (tertiary/aromatic N) is 2. The monoisotopic (exact) mass is 281 g/mol. The maximum Gasteiger partial charge on any atom is 0.0565 e. The van der Waals surface area contributed by atoms with Gasteiger partial charge in [0.05, 0.1) is 6.04 Å². The average molecular weight is 281 g/mol. The lowest BCUT2D eigenvalue weighted by Gasteiger charge is -2.42. The molecule has 0 amide bonds. The molecule has 2 N–H and O–H groups in total.